The summed E-state index contributed by atoms with van der Waals surface area (Å²) in [5.74, 6) is 2.08. The minimum absolute atomic E-state index is 0.0241. The SMILES string of the molecule is CCNC(=O)CN1CCN(C(=O)NCCOc2ccc3c(c2)OCO3)CC1. The molecule has 9 nitrogen and oxygen atoms in total. The Balaban J connectivity index is 1.31. The molecule has 0 aliphatic carbocycles. The lowest BCUT2D eigenvalue weighted by Crippen LogP contribution is -2.53. The van der Waals surface area contributed by atoms with Crippen LogP contribution in [0.2, 0.25) is 0 Å². The maximum Gasteiger partial charge on any atom is 0.317 e. The average molecular weight is 378 g/mol. The van der Waals surface area contributed by atoms with Gasteiger partial charge in [0.05, 0.1) is 13.1 Å². The molecule has 2 aliphatic rings. The van der Waals surface area contributed by atoms with Crippen LogP contribution in [0.15, 0.2) is 18.2 Å². The molecule has 0 unspecified atom stereocenters. The maximum absolute atomic E-state index is 12.2. The average Bonchev–Trinajstić information content (AvgIpc) is 3.13. The summed E-state index contributed by atoms with van der Waals surface area (Å²) < 4.78 is 16.2. The number of nitrogens with one attached hydrogen (secondary N) is 2. The molecule has 0 saturated carbocycles. The number of ether oxygens (including phenoxy) is 3. The Bertz CT molecular complexity index is 661. The molecule has 2 heterocycles. The highest BCUT2D eigenvalue weighted by Gasteiger charge is 2.22. The number of hydrogen-bond acceptors (Lipinski definition) is 6. The van der Waals surface area contributed by atoms with Crippen LogP contribution in [0.25, 0.3) is 0 Å². The minimum atomic E-state index is -0.109. The molecule has 0 aromatic heterocycles. The number of hydrogen-bond donors (Lipinski definition) is 2. The zero-order chi connectivity index (χ0) is 19.1. The zero-order valence-electron chi connectivity index (χ0n) is 15.5. The van der Waals surface area contributed by atoms with Crippen molar-refractivity contribution in [2.75, 3.05) is 59.2 Å². The van der Waals surface area contributed by atoms with Crippen LogP contribution in [0, 0.1) is 0 Å². The number of rotatable bonds is 7. The van der Waals surface area contributed by atoms with Crippen molar-refractivity contribution in [3.8, 4) is 17.2 Å². The quantitative estimate of drug-likeness (QED) is 0.661. The Kier molecular flexibility index (Phi) is 6.59. The first-order valence-corrected chi connectivity index (χ1v) is 9.20. The summed E-state index contributed by atoms with van der Waals surface area (Å²) in [6.07, 6.45) is 0. The van der Waals surface area contributed by atoms with E-state index >= 15 is 0 Å². The van der Waals surface area contributed by atoms with Crippen molar-refractivity contribution in [3.63, 3.8) is 0 Å². The molecule has 3 amide bonds. The van der Waals surface area contributed by atoms with Crippen molar-refractivity contribution in [2.24, 2.45) is 0 Å². The molecular formula is C18H26N4O5. The van der Waals surface area contributed by atoms with E-state index in [4.69, 9.17) is 14.2 Å². The Hall–Kier alpha value is -2.68. The van der Waals surface area contributed by atoms with E-state index in [0.29, 0.717) is 69.7 Å². The van der Waals surface area contributed by atoms with Gasteiger partial charge in [-0.1, -0.05) is 0 Å². The molecule has 148 valence electrons. The third-order valence-corrected chi connectivity index (χ3v) is 4.39. The number of amides is 3. The van der Waals surface area contributed by atoms with Gasteiger partial charge in [0.15, 0.2) is 11.5 Å². The lowest BCUT2D eigenvalue weighted by molar-refractivity contribution is -0.122. The molecule has 0 atom stereocenters. The summed E-state index contributed by atoms with van der Waals surface area (Å²) in [6.45, 7) is 6.51. The van der Waals surface area contributed by atoms with Crippen molar-refractivity contribution in [2.45, 2.75) is 6.92 Å². The summed E-state index contributed by atoms with van der Waals surface area (Å²) in [5.41, 5.74) is 0. The van der Waals surface area contributed by atoms with Gasteiger partial charge in [-0.3, -0.25) is 9.69 Å². The first kappa shape index (κ1) is 19.1. The molecule has 3 rings (SSSR count). The number of carbonyl (C=O) groups is 2. The smallest absolute Gasteiger partial charge is 0.317 e. The molecular weight excluding hydrogens is 352 g/mol. The van der Waals surface area contributed by atoms with Crippen molar-refractivity contribution < 1.29 is 23.8 Å². The second kappa shape index (κ2) is 9.31. The molecule has 27 heavy (non-hydrogen) atoms. The molecule has 9 heteroatoms. The summed E-state index contributed by atoms with van der Waals surface area (Å²) in [7, 11) is 0. The minimum Gasteiger partial charge on any atom is -0.492 e. The van der Waals surface area contributed by atoms with Crippen LogP contribution in [0.4, 0.5) is 4.79 Å². The van der Waals surface area contributed by atoms with Gasteiger partial charge >= 0.3 is 6.03 Å². The van der Waals surface area contributed by atoms with Crippen molar-refractivity contribution >= 4 is 11.9 Å². The van der Waals surface area contributed by atoms with Gasteiger partial charge in [0.2, 0.25) is 12.7 Å². The first-order valence-electron chi connectivity index (χ1n) is 9.20. The van der Waals surface area contributed by atoms with E-state index in [-0.39, 0.29) is 18.7 Å². The molecule has 2 aliphatic heterocycles. The van der Waals surface area contributed by atoms with Crippen LogP contribution in [0.5, 0.6) is 17.2 Å². The molecule has 1 fully saturated rings. The fourth-order valence-electron chi connectivity index (χ4n) is 2.97. The monoisotopic (exact) mass is 378 g/mol. The second-order valence-electron chi connectivity index (χ2n) is 6.31. The van der Waals surface area contributed by atoms with Crippen molar-refractivity contribution in [1.82, 2.24) is 20.4 Å². The van der Waals surface area contributed by atoms with Crippen LogP contribution in [0.3, 0.4) is 0 Å². The predicted molar refractivity (Wildman–Crippen MR) is 98.2 cm³/mol. The highest BCUT2D eigenvalue weighted by Crippen LogP contribution is 2.34. The molecule has 2 N–H and O–H groups in total. The molecule has 0 spiro atoms. The third kappa shape index (κ3) is 5.40. The van der Waals surface area contributed by atoms with Crippen molar-refractivity contribution in [1.29, 1.82) is 0 Å². The van der Waals surface area contributed by atoms with Gasteiger partial charge in [0.25, 0.3) is 0 Å². The van der Waals surface area contributed by atoms with Gasteiger partial charge < -0.3 is 29.7 Å². The third-order valence-electron chi connectivity index (χ3n) is 4.39. The molecule has 0 radical (unpaired) electrons. The van der Waals surface area contributed by atoms with Crippen LogP contribution < -0.4 is 24.8 Å². The summed E-state index contributed by atoms with van der Waals surface area (Å²) >= 11 is 0. The zero-order valence-corrected chi connectivity index (χ0v) is 15.5. The summed E-state index contributed by atoms with van der Waals surface area (Å²) in [5, 5.41) is 5.65. The van der Waals surface area contributed by atoms with Gasteiger partial charge in [-0.15, -0.1) is 0 Å². The number of piperazine rings is 1. The molecule has 1 aromatic rings. The number of fused-ring (bicyclic) bond motifs is 1. The van der Waals surface area contributed by atoms with E-state index in [2.05, 4.69) is 15.5 Å². The number of benzene rings is 1. The largest absolute Gasteiger partial charge is 0.492 e. The summed E-state index contributed by atoms with van der Waals surface area (Å²) in [4.78, 5) is 27.6. The van der Waals surface area contributed by atoms with Gasteiger partial charge in [-0.05, 0) is 19.1 Å². The Morgan fingerprint density at radius 3 is 2.67 bits per heavy atom. The van der Waals surface area contributed by atoms with Gasteiger partial charge in [-0.2, -0.15) is 0 Å². The number of nitrogens with zero attached hydrogens (tertiary/aromatic N) is 2. The molecule has 0 bridgehead atoms. The van der Waals surface area contributed by atoms with Crippen LogP contribution in [0.1, 0.15) is 6.92 Å². The van der Waals surface area contributed by atoms with E-state index in [1.165, 1.54) is 0 Å². The molecule has 1 aromatic carbocycles. The predicted octanol–water partition coefficient (Wildman–Crippen LogP) is 0.257. The van der Waals surface area contributed by atoms with E-state index in [1.807, 2.05) is 13.0 Å². The van der Waals surface area contributed by atoms with E-state index in [0.717, 1.165) is 0 Å². The topological polar surface area (TPSA) is 92.4 Å². The van der Waals surface area contributed by atoms with Gasteiger partial charge in [0, 0.05) is 38.8 Å². The second-order valence-corrected chi connectivity index (χ2v) is 6.31. The van der Waals surface area contributed by atoms with Gasteiger partial charge in [-0.25, -0.2) is 4.79 Å². The van der Waals surface area contributed by atoms with E-state index in [1.54, 1.807) is 17.0 Å². The van der Waals surface area contributed by atoms with E-state index in [9.17, 15) is 9.59 Å². The van der Waals surface area contributed by atoms with Crippen LogP contribution >= 0.6 is 0 Å². The number of likely N-dealkylation sites (N-methyl/N-ethyl adjacent to an activating group) is 1. The Labute approximate surface area is 158 Å². The lowest BCUT2D eigenvalue weighted by atomic mass is 10.3. The Morgan fingerprint density at radius 2 is 1.89 bits per heavy atom. The van der Waals surface area contributed by atoms with Crippen LogP contribution in [-0.4, -0.2) is 81.0 Å². The Morgan fingerprint density at radius 1 is 1.11 bits per heavy atom. The number of carbonyl (C=O) groups excluding carboxylic acids is 2. The van der Waals surface area contributed by atoms with Crippen molar-refractivity contribution in [3.05, 3.63) is 18.2 Å². The number of urea groups is 1. The fraction of sp³-hybridized carbons (Fsp3) is 0.556. The molecule has 1 saturated heterocycles. The summed E-state index contributed by atoms with van der Waals surface area (Å²) in [6, 6.07) is 5.28. The lowest BCUT2D eigenvalue weighted by Gasteiger charge is -2.34. The van der Waals surface area contributed by atoms with E-state index < -0.39 is 0 Å². The fourth-order valence-corrected chi connectivity index (χ4v) is 2.97. The normalized spacial score (nSPS) is 16.1. The maximum atomic E-state index is 12.2. The van der Waals surface area contributed by atoms with Crippen LogP contribution in [-0.2, 0) is 4.79 Å². The highest BCUT2D eigenvalue weighted by molar-refractivity contribution is 5.78. The highest BCUT2D eigenvalue weighted by atomic mass is 16.7. The standard InChI is InChI=1S/C18H26N4O5/c1-2-19-17(23)12-21-6-8-22(9-7-21)18(24)20-5-10-25-14-3-4-15-16(11-14)27-13-26-15/h3-4,11H,2,5-10,12-13H2,1H3,(H,19,23)(H,20,24). The van der Waals surface area contributed by atoms with Gasteiger partial charge in [0.1, 0.15) is 12.4 Å². The first-order chi connectivity index (χ1) is 13.2.